The molecule has 0 unspecified atom stereocenters. The van der Waals surface area contributed by atoms with Crippen LogP contribution in [0.15, 0.2) is 0 Å². The summed E-state index contributed by atoms with van der Waals surface area (Å²) in [6, 6.07) is 0. The number of hydrogen-bond acceptors (Lipinski definition) is 6. The van der Waals surface area contributed by atoms with Crippen molar-refractivity contribution >= 4 is 29.4 Å². The third-order valence-corrected chi connectivity index (χ3v) is 5.14. The number of carbonyl (C=O) groups is 5. The number of rotatable bonds is 16. The van der Waals surface area contributed by atoms with Crippen LogP contribution in [0.3, 0.4) is 0 Å². The Balaban J connectivity index is 4.20. The first-order valence-electron chi connectivity index (χ1n) is 11.8. The number of hydrogen-bond donors (Lipinski definition) is 4. The number of ether oxygens (including phenoxy) is 1. The van der Waals surface area contributed by atoms with Gasteiger partial charge in [-0.1, -0.05) is 41.5 Å². The molecule has 4 amide bonds. The molecular formula is C24H44N4O6. The molecule has 0 radical (unpaired) electrons. The second kappa shape index (κ2) is 14.7. The molecule has 0 saturated carbocycles. The third kappa shape index (κ3) is 14.6. The summed E-state index contributed by atoms with van der Waals surface area (Å²) in [5.74, 6) is -1.67. The van der Waals surface area contributed by atoms with E-state index < -0.39 is 23.1 Å². The van der Waals surface area contributed by atoms with Crippen LogP contribution < -0.4 is 21.3 Å². The van der Waals surface area contributed by atoms with Crippen LogP contribution in [-0.4, -0.2) is 67.8 Å². The van der Waals surface area contributed by atoms with Gasteiger partial charge < -0.3 is 26.0 Å². The van der Waals surface area contributed by atoms with E-state index in [4.69, 9.17) is 4.74 Å². The Morgan fingerprint density at radius 1 is 0.706 bits per heavy atom. The van der Waals surface area contributed by atoms with Gasteiger partial charge in [0.2, 0.25) is 23.6 Å². The molecule has 0 fully saturated rings. The SMILES string of the molecule is CC(C)CC(C)(C)OCCC(C)(C)C(=O)NCC(=O)NCC(=O)NCC(=O)NCC(=O)C(C)C. The van der Waals surface area contributed by atoms with E-state index in [0.29, 0.717) is 18.9 Å². The first-order chi connectivity index (χ1) is 15.6. The van der Waals surface area contributed by atoms with Gasteiger partial charge in [-0.25, -0.2) is 0 Å². The van der Waals surface area contributed by atoms with Gasteiger partial charge in [-0.2, -0.15) is 0 Å². The van der Waals surface area contributed by atoms with Gasteiger partial charge in [0, 0.05) is 17.9 Å². The Kier molecular flexibility index (Phi) is 13.6. The molecule has 0 saturated heterocycles. The lowest BCUT2D eigenvalue weighted by Gasteiger charge is -2.30. The zero-order valence-electron chi connectivity index (χ0n) is 22.1. The fourth-order valence-electron chi connectivity index (χ4n) is 3.07. The second-order valence-corrected chi connectivity index (χ2v) is 10.5. The van der Waals surface area contributed by atoms with Gasteiger partial charge in [0.1, 0.15) is 0 Å². The molecule has 0 aliphatic carbocycles. The van der Waals surface area contributed by atoms with Crippen LogP contribution in [0.1, 0.15) is 68.2 Å². The summed E-state index contributed by atoms with van der Waals surface area (Å²) >= 11 is 0. The highest BCUT2D eigenvalue weighted by Crippen LogP contribution is 2.24. The Labute approximate surface area is 203 Å². The van der Waals surface area contributed by atoms with Crippen LogP contribution in [0.25, 0.3) is 0 Å². The summed E-state index contributed by atoms with van der Waals surface area (Å²) < 4.78 is 5.95. The minimum Gasteiger partial charge on any atom is -0.376 e. The van der Waals surface area contributed by atoms with Gasteiger partial charge in [0.25, 0.3) is 0 Å². The highest BCUT2D eigenvalue weighted by atomic mass is 16.5. The first-order valence-corrected chi connectivity index (χ1v) is 11.8. The summed E-state index contributed by atoms with van der Waals surface area (Å²) in [7, 11) is 0. The normalized spacial score (nSPS) is 11.8. The summed E-state index contributed by atoms with van der Waals surface area (Å²) in [5.41, 5.74) is -0.997. The fraction of sp³-hybridized carbons (Fsp3) is 0.792. The van der Waals surface area contributed by atoms with Gasteiger partial charge in [-0.05, 0) is 32.6 Å². The summed E-state index contributed by atoms with van der Waals surface area (Å²) in [5, 5.41) is 9.72. The molecule has 34 heavy (non-hydrogen) atoms. The number of ketones is 1. The molecule has 0 atom stereocenters. The smallest absolute Gasteiger partial charge is 0.239 e. The lowest BCUT2D eigenvalue weighted by molar-refractivity contribution is -0.133. The highest BCUT2D eigenvalue weighted by molar-refractivity contribution is 5.92. The monoisotopic (exact) mass is 484 g/mol. The zero-order chi connectivity index (χ0) is 26.5. The molecule has 0 heterocycles. The number of Topliss-reactive ketones (excluding diaryl/α,β-unsaturated/α-hetero) is 1. The standard InChI is InChI=1S/C24H44N4O6/c1-16(2)11-24(7,8)34-10-9-23(5,6)22(33)28-15-21(32)27-14-20(31)26-13-19(30)25-12-18(29)17(3)4/h16-17H,9-15H2,1-8H3,(H,25,30)(H,26,31)(H,27,32)(H,28,33). The minimum absolute atomic E-state index is 0.0962. The van der Waals surface area contributed by atoms with Crippen molar-refractivity contribution in [3.8, 4) is 0 Å². The summed E-state index contributed by atoms with van der Waals surface area (Å²) in [6.07, 6.45) is 1.41. The van der Waals surface area contributed by atoms with Crippen LogP contribution in [-0.2, 0) is 28.7 Å². The molecule has 0 spiro atoms. The minimum atomic E-state index is -0.726. The second-order valence-electron chi connectivity index (χ2n) is 10.5. The molecule has 196 valence electrons. The topological polar surface area (TPSA) is 143 Å². The van der Waals surface area contributed by atoms with Crippen molar-refractivity contribution in [3.63, 3.8) is 0 Å². The Hall–Kier alpha value is -2.49. The number of nitrogens with one attached hydrogen (secondary N) is 4. The average Bonchev–Trinajstić information content (AvgIpc) is 2.71. The molecule has 0 aromatic heterocycles. The maximum absolute atomic E-state index is 12.5. The molecule has 0 aromatic rings. The Morgan fingerprint density at radius 3 is 1.59 bits per heavy atom. The highest BCUT2D eigenvalue weighted by Gasteiger charge is 2.29. The lowest BCUT2D eigenvalue weighted by Crippen LogP contribution is -2.46. The molecule has 10 heteroatoms. The third-order valence-electron chi connectivity index (χ3n) is 5.14. The molecule has 0 aliphatic heterocycles. The predicted molar refractivity (Wildman–Crippen MR) is 130 cm³/mol. The Bertz CT molecular complexity index is 716. The van der Waals surface area contributed by atoms with Crippen molar-refractivity contribution in [1.29, 1.82) is 0 Å². The molecule has 0 aliphatic rings. The van der Waals surface area contributed by atoms with E-state index in [-0.39, 0.29) is 49.4 Å². The van der Waals surface area contributed by atoms with Crippen molar-refractivity contribution < 1.29 is 28.7 Å². The van der Waals surface area contributed by atoms with Gasteiger partial charge >= 0.3 is 0 Å². The largest absolute Gasteiger partial charge is 0.376 e. The predicted octanol–water partition coefficient (Wildman–Crippen LogP) is 0.934. The van der Waals surface area contributed by atoms with Gasteiger partial charge in [-0.15, -0.1) is 0 Å². The van der Waals surface area contributed by atoms with Crippen LogP contribution in [0.2, 0.25) is 0 Å². The van der Waals surface area contributed by atoms with E-state index in [0.717, 1.165) is 6.42 Å². The van der Waals surface area contributed by atoms with Gasteiger partial charge in [0.15, 0.2) is 5.78 Å². The van der Waals surface area contributed by atoms with Crippen molar-refractivity contribution in [1.82, 2.24) is 21.3 Å². The van der Waals surface area contributed by atoms with Crippen molar-refractivity contribution in [2.75, 3.05) is 32.8 Å². The average molecular weight is 485 g/mol. The molecule has 0 bridgehead atoms. The van der Waals surface area contributed by atoms with Crippen LogP contribution in [0, 0.1) is 17.3 Å². The summed E-state index contributed by atoms with van der Waals surface area (Å²) in [4.78, 5) is 59.3. The molecular weight excluding hydrogens is 440 g/mol. The number of amides is 4. The van der Waals surface area contributed by atoms with Crippen molar-refractivity contribution in [2.45, 2.75) is 73.8 Å². The van der Waals surface area contributed by atoms with Crippen LogP contribution in [0.5, 0.6) is 0 Å². The van der Waals surface area contributed by atoms with E-state index in [9.17, 15) is 24.0 Å². The first kappa shape index (κ1) is 31.5. The lowest BCUT2D eigenvalue weighted by atomic mass is 9.88. The maximum atomic E-state index is 12.5. The molecule has 4 N–H and O–H groups in total. The molecule has 10 nitrogen and oxygen atoms in total. The zero-order valence-corrected chi connectivity index (χ0v) is 22.1. The van der Waals surface area contributed by atoms with Gasteiger partial charge in [0.05, 0.1) is 31.8 Å². The maximum Gasteiger partial charge on any atom is 0.239 e. The quantitative estimate of drug-likeness (QED) is 0.257. The number of carbonyl (C=O) groups excluding carboxylic acids is 5. The van der Waals surface area contributed by atoms with E-state index in [1.165, 1.54) is 0 Å². The van der Waals surface area contributed by atoms with E-state index in [1.807, 2.05) is 13.8 Å². The van der Waals surface area contributed by atoms with Crippen molar-refractivity contribution in [3.05, 3.63) is 0 Å². The van der Waals surface area contributed by atoms with E-state index in [2.05, 4.69) is 35.1 Å². The van der Waals surface area contributed by atoms with Crippen LogP contribution in [0.4, 0.5) is 0 Å². The van der Waals surface area contributed by atoms with Crippen LogP contribution >= 0.6 is 0 Å². The van der Waals surface area contributed by atoms with E-state index in [1.54, 1.807) is 27.7 Å². The fourth-order valence-corrected chi connectivity index (χ4v) is 3.07. The van der Waals surface area contributed by atoms with Crippen molar-refractivity contribution in [2.24, 2.45) is 17.3 Å². The van der Waals surface area contributed by atoms with E-state index >= 15 is 0 Å². The molecule has 0 rings (SSSR count). The summed E-state index contributed by atoms with van der Waals surface area (Å²) in [6.45, 7) is 14.8. The molecule has 0 aromatic carbocycles. The Morgan fingerprint density at radius 2 is 1.15 bits per heavy atom. The van der Waals surface area contributed by atoms with Gasteiger partial charge in [-0.3, -0.25) is 24.0 Å².